The fourth-order valence-corrected chi connectivity index (χ4v) is 4.20. The minimum atomic E-state index is 0.212. The lowest BCUT2D eigenvalue weighted by Crippen LogP contribution is -2.13. The Hall–Kier alpha value is -2.78. The third-order valence-corrected chi connectivity index (χ3v) is 5.70. The van der Waals surface area contributed by atoms with E-state index in [0.717, 1.165) is 33.1 Å². The Morgan fingerprint density at radius 1 is 1.27 bits per heavy atom. The van der Waals surface area contributed by atoms with E-state index >= 15 is 0 Å². The van der Waals surface area contributed by atoms with Crippen molar-refractivity contribution in [2.45, 2.75) is 5.92 Å². The van der Waals surface area contributed by atoms with Gasteiger partial charge < -0.3 is 5.32 Å². The third kappa shape index (κ3) is 2.47. The lowest BCUT2D eigenvalue weighted by Gasteiger charge is -2.10. The lowest BCUT2D eigenvalue weighted by molar-refractivity contribution is 0.380. The molecule has 10 heteroatoms. The number of rotatable bonds is 3. The van der Waals surface area contributed by atoms with Crippen molar-refractivity contribution in [2.24, 2.45) is 5.10 Å². The maximum absolute atomic E-state index is 6.14. The third-order valence-electron chi connectivity index (χ3n) is 4.25. The average molecular weight is 385 g/mol. The summed E-state index contributed by atoms with van der Waals surface area (Å²) < 4.78 is 2.89. The molecule has 0 fully saturated rings. The first kappa shape index (κ1) is 15.5. The van der Waals surface area contributed by atoms with E-state index in [1.54, 1.807) is 6.20 Å². The molecule has 4 aromatic rings. The van der Waals surface area contributed by atoms with Crippen LogP contribution >= 0.6 is 22.9 Å². The number of hydrogen-bond donors (Lipinski definition) is 1. The van der Waals surface area contributed by atoms with E-state index in [9.17, 15) is 0 Å². The first-order chi connectivity index (χ1) is 12.7. The summed E-state index contributed by atoms with van der Waals surface area (Å²) >= 11 is 7.63. The molecular weight excluding hydrogens is 372 g/mol. The highest BCUT2D eigenvalue weighted by Crippen LogP contribution is 2.34. The van der Waals surface area contributed by atoms with Crippen molar-refractivity contribution in [1.82, 2.24) is 29.3 Å². The Bertz CT molecular complexity index is 1150. The molecule has 0 saturated heterocycles. The van der Waals surface area contributed by atoms with Crippen molar-refractivity contribution >= 4 is 55.8 Å². The summed E-state index contributed by atoms with van der Waals surface area (Å²) in [4.78, 5) is 17.3. The van der Waals surface area contributed by atoms with Gasteiger partial charge in [0, 0.05) is 32.2 Å². The van der Waals surface area contributed by atoms with Crippen molar-refractivity contribution in [1.29, 1.82) is 0 Å². The Morgan fingerprint density at radius 3 is 3.00 bits per heavy atom. The van der Waals surface area contributed by atoms with Crippen molar-refractivity contribution in [3.05, 3.63) is 41.8 Å². The zero-order valence-electron chi connectivity index (χ0n) is 13.7. The zero-order chi connectivity index (χ0) is 17.7. The predicted octanol–water partition coefficient (Wildman–Crippen LogP) is 3.15. The number of thiophene rings is 1. The normalized spacial score (nSPS) is 16.8. The minimum absolute atomic E-state index is 0.212. The van der Waals surface area contributed by atoms with Gasteiger partial charge >= 0.3 is 0 Å². The zero-order valence-corrected chi connectivity index (χ0v) is 15.2. The molecule has 130 valence electrons. The second-order valence-electron chi connectivity index (χ2n) is 5.98. The molecule has 0 amide bonds. The van der Waals surface area contributed by atoms with Gasteiger partial charge in [0.05, 0.1) is 33.0 Å². The van der Waals surface area contributed by atoms with E-state index in [-0.39, 0.29) is 5.92 Å². The summed E-state index contributed by atoms with van der Waals surface area (Å²) in [6, 6.07) is 1.93. The first-order valence-corrected chi connectivity index (χ1v) is 9.13. The molecule has 5 heterocycles. The van der Waals surface area contributed by atoms with E-state index in [2.05, 4.69) is 30.4 Å². The van der Waals surface area contributed by atoms with Gasteiger partial charge in [-0.1, -0.05) is 11.6 Å². The Kier molecular flexibility index (Phi) is 3.50. The Labute approximate surface area is 157 Å². The lowest BCUT2D eigenvalue weighted by atomic mass is 10.1. The van der Waals surface area contributed by atoms with Crippen LogP contribution in [0.5, 0.6) is 0 Å². The molecule has 0 spiro atoms. The number of imidazole rings is 1. The standard InChI is InChI=1S/C16H13ClN8S/c1-24-7-9(5-22-24)11-6-19-16-15(18-2-3-25(11)16)23-12-4-10-13(26-12)14(17)21-8-20-10/h2-6,8-9H,7H2,1H3,(H,18,23). The summed E-state index contributed by atoms with van der Waals surface area (Å²) in [5.41, 5.74) is 2.66. The van der Waals surface area contributed by atoms with Crippen molar-refractivity contribution in [3.63, 3.8) is 0 Å². The van der Waals surface area contributed by atoms with Crippen LogP contribution in [0.15, 0.2) is 36.1 Å². The van der Waals surface area contributed by atoms with Crippen LogP contribution < -0.4 is 5.32 Å². The maximum Gasteiger partial charge on any atom is 0.180 e. The number of anilines is 2. The van der Waals surface area contributed by atoms with Crippen LogP contribution in [-0.4, -0.2) is 49.2 Å². The van der Waals surface area contributed by atoms with Gasteiger partial charge in [0.2, 0.25) is 0 Å². The van der Waals surface area contributed by atoms with Crippen LogP contribution in [0.4, 0.5) is 10.8 Å². The van der Waals surface area contributed by atoms with E-state index in [0.29, 0.717) is 11.0 Å². The van der Waals surface area contributed by atoms with Crippen molar-refractivity contribution in [2.75, 3.05) is 18.9 Å². The number of likely N-dealkylation sites (N-methyl/N-ethyl adjacent to an activating group) is 1. The molecule has 1 aliphatic rings. The largest absolute Gasteiger partial charge is 0.329 e. The maximum atomic E-state index is 6.14. The summed E-state index contributed by atoms with van der Waals surface area (Å²) in [5, 5.41) is 10.9. The summed E-state index contributed by atoms with van der Waals surface area (Å²) in [7, 11) is 1.96. The van der Waals surface area contributed by atoms with Gasteiger partial charge in [-0.25, -0.2) is 19.9 Å². The number of fused-ring (bicyclic) bond motifs is 2. The van der Waals surface area contributed by atoms with Crippen LogP contribution in [0.1, 0.15) is 11.6 Å². The molecule has 0 saturated carbocycles. The van der Waals surface area contributed by atoms with Crippen LogP contribution in [0.25, 0.3) is 15.9 Å². The van der Waals surface area contributed by atoms with E-state index < -0.39 is 0 Å². The van der Waals surface area contributed by atoms with E-state index in [1.807, 2.05) is 41.1 Å². The van der Waals surface area contributed by atoms with Gasteiger partial charge in [-0.05, 0) is 6.07 Å². The molecule has 5 rings (SSSR count). The molecule has 1 N–H and O–H groups in total. The number of hydrazone groups is 1. The monoisotopic (exact) mass is 384 g/mol. The topological polar surface area (TPSA) is 83.6 Å². The number of nitrogens with one attached hydrogen (secondary N) is 1. The first-order valence-electron chi connectivity index (χ1n) is 7.93. The molecule has 1 unspecified atom stereocenters. The Morgan fingerprint density at radius 2 is 2.19 bits per heavy atom. The number of nitrogens with zero attached hydrogens (tertiary/aromatic N) is 7. The quantitative estimate of drug-likeness (QED) is 0.546. The molecule has 8 nitrogen and oxygen atoms in total. The molecule has 0 aromatic carbocycles. The van der Waals surface area contributed by atoms with Gasteiger partial charge in [0.25, 0.3) is 0 Å². The number of halogens is 1. The highest BCUT2D eigenvalue weighted by Gasteiger charge is 2.21. The predicted molar refractivity (Wildman–Crippen MR) is 103 cm³/mol. The molecule has 0 radical (unpaired) electrons. The number of aromatic nitrogens is 5. The molecule has 0 aliphatic carbocycles. The molecule has 1 atom stereocenters. The highest BCUT2D eigenvalue weighted by molar-refractivity contribution is 7.23. The van der Waals surface area contributed by atoms with Crippen molar-refractivity contribution in [3.8, 4) is 0 Å². The van der Waals surface area contributed by atoms with Crippen LogP contribution in [0.2, 0.25) is 5.15 Å². The van der Waals surface area contributed by atoms with Crippen LogP contribution in [0, 0.1) is 0 Å². The SMILES string of the molecule is CN1CC(c2cnc3c(Nc4cc5ncnc(Cl)c5s4)nccn23)C=N1. The highest BCUT2D eigenvalue weighted by atomic mass is 35.5. The number of hydrogen-bond acceptors (Lipinski definition) is 8. The summed E-state index contributed by atoms with van der Waals surface area (Å²) in [6.45, 7) is 0.840. The molecule has 0 bridgehead atoms. The van der Waals surface area contributed by atoms with E-state index in [4.69, 9.17) is 11.6 Å². The molecule has 4 aromatic heterocycles. The molecule has 1 aliphatic heterocycles. The fraction of sp³-hybridized carbons (Fsp3) is 0.188. The second kappa shape index (κ2) is 5.89. The minimum Gasteiger partial charge on any atom is -0.329 e. The average Bonchev–Trinajstić information content (AvgIpc) is 3.33. The Balaban J connectivity index is 1.53. The molecule has 26 heavy (non-hydrogen) atoms. The molecular formula is C16H13ClN8S. The van der Waals surface area contributed by atoms with E-state index in [1.165, 1.54) is 17.7 Å². The van der Waals surface area contributed by atoms with Gasteiger partial charge in [-0.2, -0.15) is 5.10 Å². The fourth-order valence-electron chi connectivity index (χ4n) is 3.05. The van der Waals surface area contributed by atoms with Gasteiger partial charge in [-0.3, -0.25) is 9.41 Å². The van der Waals surface area contributed by atoms with Crippen LogP contribution in [0.3, 0.4) is 0 Å². The van der Waals surface area contributed by atoms with Gasteiger partial charge in [0.15, 0.2) is 11.5 Å². The smallest absolute Gasteiger partial charge is 0.180 e. The van der Waals surface area contributed by atoms with Gasteiger partial charge in [0.1, 0.15) is 11.5 Å². The second-order valence-corrected chi connectivity index (χ2v) is 7.39. The summed E-state index contributed by atoms with van der Waals surface area (Å²) in [5.74, 6) is 0.890. The van der Waals surface area contributed by atoms with Gasteiger partial charge in [-0.15, -0.1) is 11.3 Å². The van der Waals surface area contributed by atoms with Crippen molar-refractivity contribution < 1.29 is 0 Å². The summed E-state index contributed by atoms with van der Waals surface area (Å²) in [6.07, 6.45) is 8.97. The van der Waals surface area contributed by atoms with Crippen LogP contribution in [-0.2, 0) is 0 Å².